The van der Waals surface area contributed by atoms with Gasteiger partial charge in [-0.15, -0.1) is 11.6 Å². The Labute approximate surface area is 127 Å². The van der Waals surface area contributed by atoms with E-state index in [-0.39, 0.29) is 0 Å². The molecule has 1 saturated heterocycles. The quantitative estimate of drug-likeness (QED) is 0.567. The second-order valence-corrected chi connectivity index (χ2v) is 5.63. The van der Waals surface area contributed by atoms with Gasteiger partial charge in [0.05, 0.1) is 12.8 Å². The minimum Gasteiger partial charge on any atom is -0.495 e. The number of piperazine rings is 1. The fourth-order valence-corrected chi connectivity index (χ4v) is 2.90. The van der Waals surface area contributed by atoms with Crippen molar-refractivity contribution in [3.8, 4) is 5.75 Å². The van der Waals surface area contributed by atoms with E-state index in [9.17, 15) is 0 Å². The maximum atomic E-state index is 5.71. The number of hydrogen-bond acceptors (Lipinski definition) is 3. The van der Waals surface area contributed by atoms with E-state index in [2.05, 4.69) is 21.9 Å². The fraction of sp³-hybridized carbons (Fsp3) is 0.625. The van der Waals surface area contributed by atoms with Crippen molar-refractivity contribution in [2.75, 3.05) is 50.6 Å². The summed E-state index contributed by atoms with van der Waals surface area (Å²) in [5, 5.41) is 0. The van der Waals surface area contributed by atoms with E-state index >= 15 is 0 Å². The van der Waals surface area contributed by atoms with Gasteiger partial charge in [-0.05, 0) is 31.5 Å². The normalized spacial score (nSPS) is 16.4. The molecule has 0 amide bonds. The van der Waals surface area contributed by atoms with Crippen molar-refractivity contribution in [1.29, 1.82) is 0 Å². The molecule has 1 heterocycles. The third-order valence-electron chi connectivity index (χ3n) is 3.91. The summed E-state index contributed by atoms with van der Waals surface area (Å²) in [6.07, 6.45) is 3.65. The summed E-state index contributed by atoms with van der Waals surface area (Å²) in [5.41, 5.74) is 1.22. The average molecular weight is 297 g/mol. The van der Waals surface area contributed by atoms with E-state index in [4.69, 9.17) is 16.3 Å². The van der Waals surface area contributed by atoms with E-state index < -0.39 is 0 Å². The molecule has 0 saturated carbocycles. The summed E-state index contributed by atoms with van der Waals surface area (Å²) in [5.74, 6) is 1.77. The van der Waals surface area contributed by atoms with E-state index in [1.807, 2.05) is 12.1 Å². The Balaban J connectivity index is 1.79. The molecule has 0 atom stereocenters. The Morgan fingerprint density at radius 2 is 1.80 bits per heavy atom. The van der Waals surface area contributed by atoms with Gasteiger partial charge >= 0.3 is 0 Å². The topological polar surface area (TPSA) is 15.7 Å². The van der Waals surface area contributed by atoms with Crippen LogP contribution in [0.1, 0.15) is 19.3 Å². The summed E-state index contributed by atoms with van der Waals surface area (Å²) in [7, 11) is 1.74. The summed E-state index contributed by atoms with van der Waals surface area (Å²) < 4.78 is 5.45. The van der Waals surface area contributed by atoms with Gasteiger partial charge in [-0.1, -0.05) is 18.6 Å². The molecule has 20 heavy (non-hydrogen) atoms. The molecule has 0 radical (unpaired) electrons. The number of methoxy groups -OCH3 is 1. The second kappa shape index (κ2) is 8.38. The summed E-state index contributed by atoms with van der Waals surface area (Å²) in [4.78, 5) is 4.98. The van der Waals surface area contributed by atoms with E-state index in [1.165, 1.54) is 25.1 Å². The van der Waals surface area contributed by atoms with Crippen molar-refractivity contribution in [2.24, 2.45) is 0 Å². The maximum absolute atomic E-state index is 5.71. The number of ether oxygens (including phenoxy) is 1. The first-order valence-corrected chi connectivity index (χ1v) is 8.05. The highest BCUT2D eigenvalue weighted by Crippen LogP contribution is 2.28. The van der Waals surface area contributed by atoms with Crippen LogP contribution in [0, 0.1) is 0 Å². The number of benzene rings is 1. The van der Waals surface area contributed by atoms with Crippen molar-refractivity contribution in [3.63, 3.8) is 0 Å². The lowest BCUT2D eigenvalue weighted by Crippen LogP contribution is -2.46. The van der Waals surface area contributed by atoms with Gasteiger partial charge in [0.2, 0.25) is 0 Å². The molecule has 1 aliphatic heterocycles. The minimum atomic E-state index is 0.793. The molecule has 0 N–H and O–H groups in total. The van der Waals surface area contributed by atoms with Gasteiger partial charge in [0, 0.05) is 32.1 Å². The minimum absolute atomic E-state index is 0.793. The molecule has 0 spiro atoms. The predicted octanol–water partition coefficient (Wildman–Crippen LogP) is 3.23. The number of alkyl halides is 1. The number of unbranched alkanes of at least 4 members (excludes halogenated alkanes) is 2. The standard InChI is InChI=1S/C16H25ClN2O/c1-20-16-8-4-3-7-15(16)19-13-11-18(12-14-19)10-6-2-5-9-17/h3-4,7-8H,2,5-6,9-14H2,1H3. The van der Waals surface area contributed by atoms with Crippen LogP contribution < -0.4 is 9.64 Å². The molecular formula is C16H25ClN2O. The third kappa shape index (κ3) is 4.29. The highest BCUT2D eigenvalue weighted by atomic mass is 35.5. The lowest BCUT2D eigenvalue weighted by atomic mass is 10.2. The summed E-state index contributed by atoms with van der Waals surface area (Å²) in [6.45, 7) is 5.64. The zero-order valence-electron chi connectivity index (χ0n) is 12.4. The van der Waals surface area contributed by atoms with Gasteiger partial charge in [0.15, 0.2) is 0 Å². The van der Waals surface area contributed by atoms with Crippen LogP contribution >= 0.6 is 11.6 Å². The van der Waals surface area contributed by atoms with Gasteiger partial charge in [-0.25, -0.2) is 0 Å². The molecule has 0 aliphatic carbocycles. The van der Waals surface area contributed by atoms with Crippen LogP contribution in [-0.2, 0) is 0 Å². The number of hydrogen-bond donors (Lipinski definition) is 0. The molecule has 112 valence electrons. The van der Waals surface area contributed by atoms with Crippen LogP contribution in [-0.4, -0.2) is 50.6 Å². The number of nitrogens with zero attached hydrogens (tertiary/aromatic N) is 2. The monoisotopic (exact) mass is 296 g/mol. The largest absolute Gasteiger partial charge is 0.495 e. The van der Waals surface area contributed by atoms with Crippen LogP contribution in [0.3, 0.4) is 0 Å². The van der Waals surface area contributed by atoms with Crippen molar-refractivity contribution >= 4 is 17.3 Å². The number of para-hydroxylation sites is 2. The molecule has 1 aromatic rings. The van der Waals surface area contributed by atoms with Crippen LogP contribution in [0.25, 0.3) is 0 Å². The predicted molar refractivity (Wildman–Crippen MR) is 86.2 cm³/mol. The molecule has 1 fully saturated rings. The molecule has 1 aliphatic rings. The second-order valence-electron chi connectivity index (χ2n) is 5.25. The third-order valence-corrected chi connectivity index (χ3v) is 4.17. The van der Waals surface area contributed by atoms with Crippen LogP contribution in [0.15, 0.2) is 24.3 Å². The Morgan fingerprint density at radius 1 is 1.05 bits per heavy atom. The zero-order valence-corrected chi connectivity index (χ0v) is 13.1. The van der Waals surface area contributed by atoms with Crippen LogP contribution in [0.2, 0.25) is 0 Å². The molecule has 0 unspecified atom stereocenters. The number of rotatable bonds is 7. The van der Waals surface area contributed by atoms with Crippen molar-refractivity contribution < 1.29 is 4.74 Å². The highest BCUT2D eigenvalue weighted by Gasteiger charge is 2.18. The first-order valence-electron chi connectivity index (χ1n) is 7.51. The van der Waals surface area contributed by atoms with Crippen molar-refractivity contribution in [2.45, 2.75) is 19.3 Å². The van der Waals surface area contributed by atoms with Crippen molar-refractivity contribution in [3.05, 3.63) is 24.3 Å². The first-order chi connectivity index (χ1) is 9.85. The van der Waals surface area contributed by atoms with Gasteiger partial charge in [-0.3, -0.25) is 4.90 Å². The molecule has 1 aromatic carbocycles. The SMILES string of the molecule is COc1ccccc1N1CCN(CCCCCCl)CC1. The van der Waals surface area contributed by atoms with Gasteiger partial charge in [-0.2, -0.15) is 0 Å². The zero-order chi connectivity index (χ0) is 14.2. The Hall–Kier alpha value is -0.930. The lowest BCUT2D eigenvalue weighted by Gasteiger charge is -2.36. The Morgan fingerprint density at radius 3 is 2.50 bits per heavy atom. The number of halogens is 1. The molecule has 2 rings (SSSR count). The van der Waals surface area contributed by atoms with Gasteiger partial charge in [0.25, 0.3) is 0 Å². The Kier molecular flexibility index (Phi) is 6.48. The van der Waals surface area contributed by atoms with Crippen molar-refractivity contribution in [1.82, 2.24) is 4.90 Å². The Bertz CT molecular complexity index is 392. The van der Waals surface area contributed by atoms with E-state index in [0.717, 1.165) is 44.2 Å². The fourth-order valence-electron chi connectivity index (χ4n) is 2.71. The molecule has 4 heteroatoms. The highest BCUT2D eigenvalue weighted by molar-refractivity contribution is 6.17. The van der Waals surface area contributed by atoms with Crippen LogP contribution in [0.4, 0.5) is 5.69 Å². The van der Waals surface area contributed by atoms with E-state index in [0.29, 0.717) is 0 Å². The summed E-state index contributed by atoms with van der Waals surface area (Å²) in [6, 6.07) is 8.29. The maximum Gasteiger partial charge on any atom is 0.142 e. The van der Waals surface area contributed by atoms with Crippen LogP contribution in [0.5, 0.6) is 5.75 Å². The smallest absolute Gasteiger partial charge is 0.142 e. The lowest BCUT2D eigenvalue weighted by molar-refractivity contribution is 0.252. The molecule has 0 aromatic heterocycles. The molecule has 3 nitrogen and oxygen atoms in total. The molecular weight excluding hydrogens is 272 g/mol. The van der Waals surface area contributed by atoms with Gasteiger partial charge < -0.3 is 9.64 Å². The van der Waals surface area contributed by atoms with Gasteiger partial charge in [0.1, 0.15) is 5.75 Å². The molecule has 0 bridgehead atoms. The van der Waals surface area contributed by atoms with E-state index in [1.54, 1.807) is 7.11 Å². The first kappa shape index (κ1) is 15.5. The summed E-state index contributed by atoms with van der Waals surface area (Å²) >= 11 is 5.71. The number of anilines is 1. The average Bonchev–Trinajstić information content (AvgIpc) is 2.52.